The summed E-state index contributed by atoms with van der Waals surface area (Å²) < 4.78 is 10.4. The number of carboxylic acid groups (broad SMARTS) is 1. The van der Waals surface area contributed by atoms with Gasteiger partial charge in [-0.1, -0.05) is 25.5 Å². The van der Waals surface area contributed by atoms with E-state index >= 15 is 0 Å². The molecular weight excluding hydrogens is 334 g/mol. The molecule has 0 radical (unpaired) electrons. The van der Waals surface area contributed by atoms with Gasteiger partial charge in [0.2, 0.25) is 0 Å². The first-order valence-corrected chi connectivity index (χ1v) is 8.95. The summed E-state index contributed by atoms with van der Waals surface area (Å²) in [5.74, 6) is -0.137. The van der Waals surface area contributed by atoms with E-state index in [1.165, 1.54) is 0 Å². The summed E-state index contributed by atoms with van der Waals surface area (Å²) in [4.78, 5) is 24.0. The zero-order valence-corrected chi connectivity index (χ0v) is 16.4. The number of alkyl carbamates (subject to hydrolysis) is 1. The lowest BCUT2D eigenvalue weighted by Crippen LogP contribution is -2.45. The second kappa shape index (κ2) is 9.46. The minimum Gasteiger partial charge on any atom is -0.497 e. The lowest BCUT2D eigenvalue weighted by Gasteiger charge is -2.30. The highest BCUT2D eigenvalue weighted by Gasteiger charge is 2.38. The zero-order chi connectivity index (χ0) is 19.8. The van der Waals surface area contributed by atoms with Crippen molar-refractivity contribution in [1.82, 2.24) is 5.32 Å². The lowest BCUT2D eigenvalue weighted by atomic mass is 9.78. The molecule has 2 N–H and O–H groups in total. The number of ether oxygens (including phenoxy) is 2. The largest absolute Gasteiger partial charge is 0.497 e. The first-order chi connectivity index (χ1) is 12.1. The van der Waals surface area contributed by atoms with E-state index in [2.05, 4.69) is 5.32 Å². The number of aliphatic carboxylic acids is 1. The topological polar surface area (TPSA) is 84.9 Å². The van der Waals surface area contributed by atoms with Gasteiger partial charge < -0.3 is 19.9 Å². The SMILES string of the molecule is CCCC(CCc1ccc(OC)cc1)(CNC(=O)OC(C)(C)C)C(=O)O. The van der Waals surface area contributed by atoms with Gasteiger partial charge in [0.1, 0.15) is 11.4 Å². The van der Waals surface area contributed by atoms with Gasteiger partial charge in [-0.25, -0.2) is 4.79 Å². The number of amides is 1. The third kappa shape index (κ3) is 6.94. The van der Waals surface area contributed by atoms with E-state index in [1.54, 1.807) is 27.9 Å². The highest BCUT2D eigenvalue weighted by atomic mass is 16.6. The van der Waals surface area contributed by atoms with Gasteiger partial charge in [-0.2, -0.15) is 0 Å². The van der Waals surface area contributed by atoms with Crippen LogP contribution in [-0.2, 0) is 16.0 Å². The third-order valence-electron chi connectivity index (χ3n) is 4.20. The molecule has 1 unspecified atom stereocenters. The summed E-state index contributed by atoms with van der Waals surface area (Å²) in [5, 5.41) is 12.5. The highest BCUT2D eigenvalue weighted by molar-refractivity contribution is 5.76. The van der Waals surface area contributed by atoms with Crippen molar-refractivity contribution in [3.8, 4) is 5.75 Å². The molecule has 0 spiro atoms. The van der Waals surface area contributed by atoms with E-state index in [9.17, 15) is 14.7 Å². The van der Waals surface area contributed by atoms with Gasteiger partial charge in [0.25, 0.3) is 0 Å². The van der Waals surface area contributed by atoms with Crippen LogP contribution < -0.4 is 10.1 Å². The number of benzene rings is 1. The quantitative estimate of drug-likeness (QED) is 0.690. The molecule has 0 saturated heterocycles. The van der Waals surface area contributed by atoms with Gasteiger partial charge in [-0.15, -0.1) is 0 Å². The van der Waals surface area contributed by atoms with Crippen molar-refractivity contribution in [2.45, 2.75) is 59.0 Å². The Kier molecular flexibility index (Phi) is 7.93. The normalized spacial score (nSPS) is 13.6. The Bertz CT molecular complexity index is 591. The fourth-order valence-corrected chi connectivity index (χ4v) is 2.80. The van der Waals surface area contributed by atoms with E-state index in [4.69, 9.17) is 9.47 Å². The smallest absolute Gasteiger partial charge is 0.407 e. The Hall–Kier alpha value is -2.24. The maximum Gasteiger partial charge on any atom is 0.407 e. The Morgan fingerprint density at radius 1 is 1.12 bits per heavy atom. The van der Waals surface area contributed by atoms with Crippen molar-refractivity contribution < 1.29 is 24.2 Å². The van der Waals surface area contributed by atoms with E-state index in [1.807, 2.05) is 31.2 Å². The minimum absolute atomic E-state index is 0.0429. The fourth-order valence-electron chi connectivity index (χ4n) is 2.80. The Morgan fingerprint density at radius 2 is 1.73 bits per heavy atom. The first-order valence-electron chi connectivity index (χ1n) is 8.95. The van der Waals surface area contributed by atoms with Crippen LogP contribution in [0.15, 0.2) is 24.3 Å². The second-order valence-corrected chi connectivity index (χ2v) is 7.54. The van der Waals surface area contributed by atoms with Crippen LogP contribution in [-0.4, -0.2) is 36.4 Å². The van der Waals surface area contributed by atoms with Gasteiger partial charge in [-0.3, -0.25) is 4.79 Å². The maximum absolute atomic E-state index is 12.0. The molecule has 0 aliphatic heterocycles. The van der Waals surface area contributed by atoms with E-state index < -0.39 is 23.1 Å². The van der Waals surface area contributed by atoms with Crippen LogP contribution in [0.25, 0.3) is 0 Å². The van der Waals surface area contributed by atoms with Crippen LogP contribution in [0.2, 0.25) is 0 Å². The number of rotatable bonds is 9. The Morgan fingerprint density at radius 3 is 2.19 bits per heavy atom. The predicted octanol–water partition coefficient (Wildman–Crippen LogP) is 4.02. The number of carbonyl (C=O) groups is 2. The molecule has 0 aliphatic carbocycles. The number of nitrogens with one attached hydrogen (secondary N) is 1. The van der Waals surface area contributed by atoms with Crippen LogP contribution in [0.5, 0.6) is 5.75 Å². The summed E-state index contributed by atoms with van der Waals surface area (Å²) in [6, 6.07) is 7.57. The number of aryl methyl sites for hydroxylation is 1. The molecule has 1 amide bonds. The first kappa shape index (κ1) is 21.8. The lowest BCUT2D eigenvalue weighted by molar-refractivity contribution is -0.149. The van der Waals surface area contributed by atoms with Gasteiger partial charge in [0.15, 0.2) is 0 Å². The fraction of sp³-hybridized carbons (Fsp3) is 0.600. The Labute approximate surface area is 155 Å². The number of hydrogen-bond acceptors (Lipinski definition) is 4. The molecule has 1 aromatic carbocycles. The average molecular weight is 365 g/mol. The molecule has 6 nitrogen and oxygen atoms in total. The summed E-state index contributed by atoms with van der Waals surface area (Å²) in [7, 11) is 1.61. The number of carboxylic acids is 1. The molecule has 6 heteroatoms. The van der Waals surface area contributed by atoms with Crippen molar-refractivity contribution >= 4 is 12.1 Å². The molecule has 0 fully saturated rings. The summed E-state index contributed by atoms with van der Waals surface area (Å²) >= 11 is 0. The van der Waals surface area contributed by atoms with Crippen molar-refractivity contribution in [1.29, 1.82) is 0 Å². The van der Waals surface area contributed by atoms with E-state index in [-0.39, 0.29) is 6.54 Å². The van der Waals surface area contributed by atoms with Crippen LogP contribution >= 0.6 is 0 Å². The molecule has 0 bridgehead atoms. The zero-order valence-electron chi connectivity index (χ0n) is 16.4. The molecule has 1 aromatic rings. The molecule has 0 heterocycles. The van der Waals surface area contributed by atoms with Crippen molar-refractivity contribution in [2.24, 2.45) is 5.41 Å². The van der Waals surface area contributed by atoms with E-state index in [0.29, 0.717) is 25.7 Å². The third-order valence-corrected chi connectivity index (χ3v) is 4.20. The van der Waals surface area contributed by atoms with Gasteiger partial charge >= 0.3 is 12.1 Å². The average Bonchev–Trinajstić information content (AvgIpc) is 2.56. The number of methoxy groups -OCH3 is 1. The van der Waals surface area contributed by atoms with Crippen LogP contribution in [0.1, 0.15) is 52.5 Å². The van der Waals surface area contributed by atoms with E-state index in [0.717, 1.165) is 11.3 Å². The monoisotopic (exact) mass is 365 g/mol. The van der Waals surface area contributed by atoms with Crippen LogP contribution in [0.4, 0.5) is 4.79 Å². The summed E-state index contributed by atoms with van der Waals surface area (Å²) in [5.41, 5.74) is -0.611. The molecule has 1 atom stereocenters. The summed E-state index contributed by atoms with van der Waals surface area (Å²) in [6.45, 7) is 7.30. The van der Waals surface area contributed by atoms with Crippen LogP contribution in [0.3, 0.4) is 0 Å². The molecule has 146 valence electrons. The molecule has 26 heavy (non-hydrogen) atoms. The molecular formula is C20H31NO5. The van der Waals surface area contributed by atoms with Gasteiger partial charge in [0.05, 0.1) is 12.5 Å². The van der Waals surface area contributed by atoms with Crippen molar-refractivity contribution in [2.75, 3.05) is 13.7 Å². The maximum atomic E-state index is 12.0. The highest BCUT2D eigenvalue weighted by Crippen LogP contribution is 2.30. The molecule has 0 aliphatic rings. The minimum atomic E-state index is -1.02. The second-order valence-electron chi connectivity index (χ2n) is 7.54. The molecule has 0 saturated carbocycles. The standard InChI is InChI=1S/C20H31NO5/c1-6-12-20(17(22)23,14-21-18(24)26-19(2,3)4)13-11-15-7-9-16(25-5)10-8-15/h7-10H,6,11-14H2,1-5H3,(H,21,24)(H,22,23). The summed E-state index contributed by atoms with van der Waals surface area (Å²) in [6.07, 6.45) is 1.63. The van der Waals surface area contributed by atoms with Crippen LogP contribution in [0, 0.1) is 5.41 Å². The predicted molar refractivity (Wildman–Crippen MR) is 101 cm³/mol. The number of hydrogen-bond donors (Lipinski definition) is 2. The van der Waals surface area contributed by atoms with Crippen molar-refractivity contribution in [3.05, 3.63) is 29.8 Å². The Balaban J connectivity index is 2.81. The molecule has 0 aromatic heterocycles. The molecule has 1 rings (SSSR count). The number of carbonyl (C=O) groups excluding carboxylic acids is 1. The van der Waals surface area contributed by atoms with Gasteiger partial charge in [-0.05, 0) is 57.7 Å². The van der Waals surface area contributed by atoms with Crippen molar-refractivity contribution in [3.63, 3.8) is 0 Å². The van der Waals surface area contributed by atoms with Gasteiger partial charge in [0, 0.05) is 6.54 Å².